The minimum atomic E-state index is -0.280. The number of carbonyl (C=O) groups is 1. The maximum Gasteiger partial charge on any atom is 0.242 e. The van der Waals surface area contributed by atoms with E-state index in [0.717, 1.165) is 0 Å². The molecule has 0 spiro atoms. The number of ketones is 1. The van der Waals surface area contributed by atoms with Crippen LogP contribution in [0.2, 0.25) is 0 Å². The quantitative estimate of drug-likeness (QED) is 0.341. The van der Waals surface area contributed by atoms with Gasteiger partial charge in [-0.25, -0.2) is 4.98 Å². The molecular formula is C11H10N4O2. The molecule has 86 valence electrons. The Hall–Kier alpha value is -2.50. The second kappa shape index (κ2) is 5.02. The van der Waals surface area contributed by atoms with Crippen molar-refractivity contribution < 1.29 is 9.63 Å². The molecule has 1 aromatic heterocycles. The Morgan fingerprint density at radius 1 is 1.35 bits per heavy atom. The SMILES string of the molecule is CON=C(C(=O)c1ccccc1)n1cncn1. The summed E-state index contributed by atoms with van der Waals surface area (Å²) in [7, 11) is 1.37. The zero-order valence-electron chi connectivity index (χ0n) is 9.15. The van der Waals surface area contributed by atoms with Crippen molar-refractivity contribution in [1.29, 1.82) is 0 Å². The van der Waals surface area contributed by atoms with Gasteiger partial charge in [0.15, 0.2) is 0 Å². The molecule has 0 N–H and O–H groups in total. The van der Waals surface area contributed by atoms with Crippen molar-refractivity contribution in [3.63, 3.8) is 0 Å². The Morgan fingerprint density at radius 3 is 2.71 bits per heavy atom. The fourth-order valence-electron chi connectivity index (χ4n) is 1.31. The Morgan fingerprint density at radius 2 is 2.12 bits per heavy atom. The lowest BCUT2D eigenvalue weighted by Crippen LogP contribution is -2.24. The molecule has 0 aliphatic carbocycles. The molecule has 0 atom stereocenters. The van der Waals surface area contributed by atoms with E-state index in [2.05, 4.69) is 20.1 Å². The summed E-state index contributed by atoms with van der Waals surface area (Å²) in [6.07, 6.45) is 2.71. The number of benzene rings is 1. The highest BCUT2D eigenvalue weighted by molar-refractivity contribution is 6.45. The Labute approximate surface area is 97.5 Å². The van der Waals surface area contributed by atoms with Gasteiger partial charge < -0.3 is 4.84 Å². The van der Waals surface area contributed by atoms with E-state index in [1.165, 1.54) is 24.4 Å². The summed E-state index contributed by atoms with van der Waals surface area (Å²) in [5.41, 5.74) is 0.513. The van der Waals surface area contributed by atoms with Crippen LogP contribution in [0.15, 0.2) is 48.1 Å². The predicted octanol–water partition coefficient (Wildman–Crippen LogP) is 0.969. The van der Waals surface area contributed by atoms with Crippen molar-refractivity contribution in [1.82, 2.24) is 14.8 Å². The molecular weight excluding hydrogens is 220 g/mol. The van der Waals surface area contributed by atoms with Crippen LogP contribution in [0.1, 0.15) is 10.4 Å². The number of hydrogen-bond acceptors (Lipinski definition) is 5. The summed E-state index contributed by atoms with van der Waals surface area (Å²) in [6, 6.07) is 8.78. The van der Waals surface area contributed by atoms with Crippen LogP contribution >= 0.6 is 0 Å². The highest BCUT2D eigenvalue weighted by Gasteiger charge is 2.17. The van der Waals surface area contributed by atoms with Crippen LogP contribution in [0.5, 0.6) is 0 Å². The molecule has 6 heteroatoms. The number of oxime groups is 1. The van der Waals surface area contributed by atoms with Gasteiger partial charge in [0.05, 0.1) is 0 Å². The van der Waals surface area contributed by atoms with Crippen LogP contribution in [0.25, 0.3) is 0 Å². The van der Waals surface area contributed by atoms with E-state index >= 15 is 0 Å². The Balaban J connectivity index is 2.36. The van der Waals surface area contributed by atoms with Crippen molar-refractivity contribution in [3.8, 4) is 0 Å². The Kier molecular flexibility index (Phi) is 3.25. The standard InChI is InChI=1S/C11H10N4O2/c1-17-14-11(15-8-12-7-13-15)10(16)9-5-3-2-4-6-9/h2-8H,1H3. The van der Waals surface area contributed by atoms with E-state index in [1.54, 1.807) is 24.3 Å². The first-order valence-corrected chi connectivity index (χ1v) is 4.89. The van der Waals surface area contributed by atoms with Crippen molar-refractivity contribution in [2.24, 2.45) is 5.16 Å². The molecule has 0 radical (unpaired) electrons. The molecule has 0 unspecified atom stereocenters. The van der Waals surface area contributed by atoms with E-state index in [4.69, 9.17) is 0 Å². The third-order valence-corrected chi connectivity index (χ3v) is 2.05. The lowest BCUT2D eigenvalue weighted by molar-refractivity contribution is 0.105. The maximum absolute atomic E-state index is 12.1. The van der Waals surface area contributed by atoms with Crippen molar-refractivity contribution in [2.75, 3.05) is 7.11 Å². The topological polar surface area (TPSA) is 69.4 Å². The first kappa shape index (κ1) is 11.0. The van der Waals surface area contributed by atoms with Gasteiger partial charge in [0.25, 0.3) is 0 Å². The van der Waals surface area contributed by atoms with Gasteiger partial charge in [-0.05, 0) is 0 Å². The Bertz CT molecular complexity index is 520. The molecule has 0 bridgehead atoms. The predicted molar refractivity (Wildman–Crippen MR) is 60.6 cm³/mol. The second-order valence-electron chi connectivity index (χ2n) is 3.13. The summed E-state index contributed by atoms with van der Waals surface area (Å²) in [6.45, 7) is 0. The van der Waals surface area contributed by atoms with Gasteiger partial charge in [0.2, 0.25) is 11.6 Å². The minimum Gasteiger partial charge on any atom is -0.397 e. The molecule has 0 fully saturated rings. The highest BCUT2D eigenvalue weighted by atomic mass is 16.6. The van der Waals surface area contributed by atoms with Gasteiger partial charge in [-0.2, -0.15) is 9.78 Å². The fraction of sp³-hybridized carbons (Fsp3) is 0.0909. The monoisotopic (exact) mass is 230 g/mol. The molecule has 1 aromatic carbocycles. The van der Waals surface area contributed by atoms with Crippen molar-refractivity contribution >= 4 is 11.6 Å². The zero-order chi connectivity index (χ0) is 12.1. The van der Waals surface area contributed by atoms with Gasteiger partial charge in [0, 0.05) is 5.56 Å². The lowest BCUT2D eigenvalue weighted by atomic mass is 10.1. The summed E-state index contributed by atoms with van der Waals surface area (Å²) in [4.78, 5) is 20.5. The number of aromatic nitrogens is 3. The molecule has 0 saturated heterocycles. The van der Waals surface area contributed by atoms with E-state index < -0.39 is 0 Å². The average molecular weight is 230 g/mol. The van der Waals surface area contributed by atoms with Gasteiger partial charge in [-0.1, -0.05) is 35.5 Å². The molecule has 0 aliphatic heterocycles. The largest absolute Gasteiger partial charge is 0.397 e. The van der Waals surface area contributed by atoms with Crippen LogP contribution < -0.4 is 0 Å². The summed E-state index contributed by atoms with van der Waals surface area (Å²) in [5, 5.41) is 7.53. The number of Topliss-reactive ketones (excluding diaryl/α,β-unsaturated/α-hetero) is 1. The van der Waals surface area contributed by atoms with Gasteiger partial charge in [-0.3, -0.25) is 4.79 Å². The molecule has 2 rings (SSSR count). The van der Waals surface area contributed by atoms with E-state index in [1.807, 2.05) is 6.07 Å². The van der Waals surface area contributed by atoms with E-state index in [0.29, 0.717) is 5.56 Å². The average Bonchev–Trinajstić information content (AvgIpc) is 2.90. The van der Waals surface area contributed by atoms with Gasteiger partial charge in [0.1, 0.15) is 19.8 Å². The minimum absolute atomic E-state index is 0.0659. The molecule has 6 nitrogen and oxygen atoms in total. The first-order valence-electron chi connectivity index (χ1n) is 4.89. The number of hydrogen-bond donors (Lipinski definition) is 0. The van der Waals surface area contributed by atoms with E-state index in [9.17, 15) is 4.79 Å². The first-order chi connectivity index (χ1) is 8.33. The van der Waals surface area contributed by atoms with Crippen LogP contribution in [-0.4, -0.2) is 33.5 Å². The van der Waals surface area contributed by atoms with Crippen LogP contribution in [-0.2, 0) is 4.84 Å². The maximum atomic E-state index is 12.1. The van der Waals surface area contributed by atoms with Crippen LogP contribution in [0.4, 0.5) is 0 Å². The summed E-state index contributed by atoms with van der Waals surface area (Å²) in [5.74, 6) is -0.214. The number of nitrogens with zero attached hydrogens (tertiary/aromatic N) is 4. The third kappa shape index (κ3) is 2.36. The number of rotatable bonds is 3. The smallest absolute Gasteiger partial charge is 0.242 e. The summed E-state index contributed by atoms with van der Waals surface area (Å²) < 4.78 is 1.26. The highest BCUT2D eigenvalue weighted by Crippen LogP contribution is 2.03. The molecule has 0 aliphatic rings. The number of carbonyl (C=O) groups excluding carboxylic acids is 1. The normalized spacial score (nSPS) is 11.2. The lowest BCUT2D eigenvalue weighted by Gasteiger charge is -2.03. The van der Waals surface area contributed by atoms with E-state index in [-0.39, 0.29) is 11.6 Å². The second-order valence-corrected chi connectivity index (χ2v) is 3.13. The summed E-state index contributed by atoms with van der Waals surface area (Å²) >= 11 is 0. The molecule has 17 heavy (non-hydrogen) atoms. The van der Waals surface area contributed by atoms with Crippen molar-refractivity contribution in [3.05, 3.63) is 48.5 Å². The molecule has 0 amide bonds. The zero-order valence-corrected chi connectivity index (χ0v) is 9.15. The van der Waals surface area contributed by atoms with Gasteiger partial charge in [-0.15, -0.1) is 0 Å². The molecule has 2 aromatic rings. The fourth-order valence-corrected chi connectivity index (χ4v) is 1.31. The van der Waals surface area contributed by atoms with Crippen LogP contribution in [0, 0.1) is 0 Å². The third-order valence-electron chi connectivity index (χ3n) is 2.05. The molecule has 0 saturated carbocycles. The molecule has 1 heterocycles. The van der Waals surface area contributed by atoms with Crippen molar-refractivity contribution in [2.45, 2.75) is 0 Å². The van der Waals surface area contributed by atoms with Crippen LogP contribution in [0.3, 0.4) is 0 Å². The van der Waals surface area contributed by atoms with Gasteiger partial charge >= 0.3 is 0 Å².